The Morgan fingerprint density at radius 2 is 1.78 bits per heavy atom. The third kappa shape index (κ3) is 4.75. The molecule has 1 aromatic heterocycles. The minimum atomic E-state index is -0.348. The van der Waals surface area contributed by atoms with Crippen molar-refractivity contribution in [2.45, 2.75) is 52.1 Å². The van der Waals surface area contributed by atoms with Gasteiger partial charge in [-0.3, -0.25) is 14.2 Å². The van der Waals surface area contributed by atoms with E-state index >= 15 is 0 Å². The fraction of sp³-hybridized carbons (Fsp3) is 0.423. The van der Waals surface area contributed by atoms with E-state index in [1.54, 1.807) is 29.7 Å². The number of fused-ring (bicyclic) bond motifs is 1. The summed E-state index contributed by atoms with van der Waals surface area (Å²) in [5.41, 5.74) is 2.33. The number of benzene rings is 2. The Hall–Kier alpha value is -2.99. The van der Waals surface area contributed by atoms with Crippen molar-refractivity contribution in [1.82, 2.24) is 14.5 Å². The summed E-state index contributed by atoms with van der Waals surface area (Å²) in [5, 5.41) is 0.564. The van der Waals surface area contributed by atoms with Gasteiger partial charge in [-0.15, -0.1) is 0 Å². The van der Waals surface area contributed by atoms with E-state index in [1.165, 1.54) is 5.56 Å². The molecule has 0 N–H and O–H groups in total. The van der Waals surface area contributed by atoms with Gasteiger partial charge in [0.1, 0.15) is 5.82 Å². The predicted molar refractivity (Wildman–Crippen MR) is 128 cm³/mol. The standard InChI is InChI=1S/C26H33N3O3/c1-7-22(28(5)24(30)18-12-14-19(15-13-18)26(2,3)4)23-27-21-11-9-8-10-20(21)25(31)29(23)16-17-32-6/h8-15,22H,7,16-17H2,1-6H3. The Bertz CT molecular complexity index is 1140. The Morgan fingerprint density at radius 3 is 2.38 bits per heavy atom. The molecule has 2 aromatic carbocycles. The van der Waals surface area contributed by atoms with E-state index in [1.807, 2.05) is 49.4 Å². The zero-order valence-electron chi connectivity index (χ0n) is 19.9. The molecule has 32 heavy (non-hydrogen) atoms. The highest BCUT2D eigenvalue weighted by Gasteiger charge is 2.27. The van der Waals surface area contributed by atoms with Crippen molar-refractivity contribution in [3.63, 3.8) is 0 Å². The highest BCUT2D eigenvalue weighted by atomic mass is 16.5. The van der Waals surface area contributed by atoms with Crippen LogP contribution in [0.1, 0.15) is 61.9 Å². The van der Waals surface area contributed by atoms with Gasteiger partial charge in [-0.2, -0.15) is 0 Å². The molecule has 1 amide bonds. The molecule has 1 unspecified atom stereocenters. The molecule has 0 saturated carbocycles. The summed E-state index contributed by atoms with van der Waals surface area (Å²) < 4.78 is 6.87. The van der Waals surface area contributed by atoms with E-state index in [0.29, 0.717) is 41.9 Å². The maximum Gasteiger partial charge on any atom is 0.261 e. The van der Waals surface area contributed by atoms with Gasteiger partial charge in [0.25, 0.3) is 11.5 Å². The number of carbonyl (C=O) groups is 1. The molecule has 3 rings (SSSR count). The average Bonchev–Trinajstić information content (AvgIpc) is 2.78. The average molecular weight is 436 g/mol. The lowest BCUT2D eigenvalue weighted by molar-refractivity contribution is 0.0713. The minimum absolute atomic E-state index is 0.0197. The van der Waals surface area contributed by atoms with Gasteiger partial charge in [-0.05, 0) is 41.7 Å². The Labute approximate surface area is 189 Å². The van der Waals surface area contributed by atoms with Gasteiger partial charge in [0.15, 0.2) is 0 Å². The first kappa shape index (κ1) is 23.7. The summed E-state index contributed by atoms with van der Waals surface area (Å²) in [7, 11) is 3.38. The fourth-order valence-corrected chi connectivity index (χ4v) is 3.93. The molecule has 1 atom stereocenters. The quantitative estimate of drug-likeness (QED) is 0.546. The van der Waals surface area contributed by atoms with Gasteiger partial charge >= 0.3 is 0 Å². The Balaban J connectivity index is 2.03. The van der Waals surface area contributed by atoms with Gasteiger partial charge < -0.3 is 9.64 Å². The smallest absolute Gasteiger partial charge is 0.261 e. The number of amides is 1. The summed E-state index contributed by atoms with van der Waals surface area (Å²) in [6, 6.07) is 14.7. The number of para-hydroxylation sites is 1. The van der Waals surface area contributed by atoms with Gasteiger partial charge in [0, 0.05) is 19.7 Å². The highest BCUT2D eigenvalue weighted by molar-refractivity contribution is 5.94. The van der Waals surface area contributed by atoms with Crippen LogP contribution in [0.2, 0.25) is 0 Å². The predicted octanol–water partition coefficient (Wildman–Crippen LogP) is 4.56. The second kappa shape index (κ2) is 9.65. The fourth-order valence-electron chi connectivity index (χ4n) is 3.93. The zero-order valence-corrected chi connectivity index (χ0v) is 19.9. The summed E-state index contributed by atoms with van der Waals surface area (Å²) in [4.78, 5) is 33.1. The van der Waals surface area contributed by atoms with Crippen LogP contribution in [0, 0.1) is 0 Å². The van der Waals surface area contributed by atoms with E-state index in [2.05, 4.69) is 20.8 Å². The number of carbonyl (C=O) groups excluding carboxylic acids is 1. The number of rotatable bonds is 7. The van der Waals surface area contributed by atoms with E-state index in [4.69, 9.17) is 9.72 Å². The van der Waals surface area contributed by atoms with E-state index in [-0.39, 0.29) is 22.9 Å². The first-order valence-corrected chi connectivity index (χ1v) is 11.0. The number of hydrogen-bond donors (Lipinski definition) is 0. The first-order chi connectivity index (χ1) is 15.2. The molecule has 0 fully saturated rings. The lowest BCUT2D eigenvalue weighted by Gasteiger charge is -2.29. The molecule has 6 heteroatoms. The molecule has 3 aromatic rings. The van der Waals surface area contributed by atoms with Crippen LogP contribution in [0.25, 0.3) is 10.9 Å². The minimum Gasteiger partial charge on any atom is -0.383 e. The van der Waals surface area contributed by atoms with E-state index in [9.17, 15) is 9.59 Å². The Kier molecular flexibility index (Phi) is 7.14. The first-order valence-electron chi connectivity index (χ1n) is 11.0. The monoisotopic (exact) mass is 435 g/mol. The highest BCUT2D eigenvalue weighted by Crippen LogP contribution is 2.26. The SMILES string of the molecule is CCC(c1nc2ccccc2c(=O)n1CCOC)N(C)C(=O)c1ccc(C(C)(C)C)cc1. The van der Waals surface area contributed by atoms with E-state index in [0.717, 1.165) is 0 Å². The molecular formula is C26H33N3O3. The normalized spacial score (nSPS) is 12.7. The lowest BCUT2D eigenvalue weighted by Crippen LogP contribution is -2.37. The molecule has 0 spiro atoms. The number of ether oxygens (including phenoxy) is 1. The molecule has 170 valence electrons. The van der Waals surface area contributed by atoms with Crippen LogP contribution < -0.4 is 5.56 Å². The second-order valence-electron chi connectivity index (χ2n) is 9.10. The number of methoxy groups -OCH3 is 1. The van der Waals surface area contributed by atoms with Crippen LogP contribution in [0.4, 0.5) is 0 Å². The molecular weight excluding hydrogens is 402 g/mol. The molecule has 1 heterocycles. The maximum atomic E-state index is 13.3. The molecule has 6 nitrogen and oxygen atoms in total. The van der Waals surface area contributed by atoms with Crippen molar-refractivity contribution >= 4 is 16.8 Å². The van der Waals surface area contributed by atoms with Crippen LogP contribution in [0.15, 0.2) is 53.3 Å². The van der Waals surface area contributed by atoms with Crippen LogP contribution in [0.3, 0.4) is 0 Å². The van der Waals surface area contributed by atoms with Gasteiger partial charge in [-0.1, -0.05) is 52.0 Å². The topological polar surface area (TPSA) is 64.4 Å². The molecule has 0 saturated heterocycles. The molecule has 0 aliphatic heterocycles. The van der Waals surface area contributed by atoms with Gasteiger partial charge in [-0.25, -0.2) is 4.98 Å². The van der Waals surface area contributed by atoms with E-state index < -0.39 is 0 Å². The largest absolute Gasteiger partial charge is 0.383 e. The summed E-state index contributed by atoms with van der Waals surface area (Å²) in [6.07, 6.45) is 0.625. The van der Waals surface area contributed by atoms with Crippen molar-refractivity contribution in [2.24, 2.45) is 0 Å². The van der Waals surface area contributed by atoms with Crippen LogP contribution in [-0.4, -0.2) is 41.1 Å². The summed E-state index contributed by atoms with van der Waals surface area (Å²) >= 11 is 0. The van der Waals surface area contributed by atoms with Crippen molar-refractivity contribution in [2.75, 3.05) is 20.8 Å². The van der Waals surface area contributed by atoms with Crippen LogP contribution in [-0.2, 0) is 16.7 Å². The molecule has 0 bridgehead atoms. The van der Waals surface area contributed by atoms with Crippen molar-refractivity contribution < 1.29 is 9.53 Å². The molecule has 0 radical (unpaired) electrons. The van der Waals surface area contributed by atoms with Gasteiger partial charge in [0.2, 0.25) is 0 Å². The third-order valence-corrected chi connectivity index (χ3v) is 5.88. The van der Waals surface area contributed by atoms with Crippen molar-refractivity contribution in [3.8, 4) is 0 Å². The number of aromatic nitrogens is 2. The zero-order chi connectivity index (χ0) is 23.5. The van der Waals surface area contributed by atoms with Crippen molar-refractivity contribution in [1.29, 1.82) is 0 Å². The van der Waals surface area contributed by atoms with Crippen LogP contribution in [0.5, 0.6) is 0 Å². The van der Waals surface area contributed by atoms with Gasteiger partial charge in [0.05, 0.1) is 30.1 Å². The van der Waals surface area contributed by atoms with Crippen molar-refractivity contribution in [3.05, 3.63) is 75.8 Å². The second-order valence-corrected chi connectivity index (χ2v) is 9.10. The maximum absolute atomic E-state index is 13.3. The molecule has 0 aliphatic carbocycles. The molecule has 0 aliphatic rings. The lowest BCUT2D eigenvalue weighted by atomic mass is 9.86. The number of hydrogen-bond acceptors (Lipinski definition) is 4. The third-order valence-electron chi connectivity index (χ3n) is 5.88. The van der Waals surface area contributed by atoms with Crippen LogP contribution >= 0.6 is 0 Å². The number of nitrogens with zero attached hydrogens (tertiary/aromatic N) is 3. The summed E-state index contributed by atoms with van der Waals surface area (Å²) in [5.74, 6) is 0.480. The Morgan fingerprint density at radius 1 is 1.12 bits per heavy atom. The summed E-state index contributed by atoms with van der Waals surface area (Å²) in [6.45, 7) is 9.20.